The second-order valence-electron chi connectivity index (χ2n) is 11.4. The van der Waals surface area contributed by atoms with Crippen molar-refractivity contribution in [2.45, 2.75) is 37.6 Å². The fourth-order valence-electron chi connectivity index (χ4n) is 6.30. The van der Waals surface area contributed by atoms with Gasteiger partial charge in [0.05, 0.1) is 45.8 Å². The number of carbonyl (C=O) groups excluding carboxylic acids is 2. The molecule has 242 valence electrons. The predicted molar refractivity (Wildman–Crippen MR) is 165 cm³/mol. The van der Waals surface area contributed by atoms with E-state index >= 15 is 0 Å². The molecule has 2 aliphatic heterocycles. The van der Waals surface area contributed by atoms with E-state index < -0.39 is 35.8 Å². The zero-order valence-corrected chi connectivity index (χ0v) is 25.7. The molecule has 2 bridgehead atoms. The van der Waals surface area contributed by atoms with Crippen LogP contribution < -0.4 is 21.5 Å². The lowest BCUT2D eigenvalue weighted by Gasteiger charge is -2.42. The average molecular weight is 679 g/mol. The number of aromatic nitrogens is 4. The van der Waals surface area contributed by atoms with Gasteiger partial charge in [-0.2, -0.15) is 13.2 Å². The fourth-order valence-corrected chi connectivity index (χ4v) is 6.67. The van der Waals surface area contributed by atoms with Crippen molar-refractivity contribution in [3.8, 4) is 16.9 Å². The highest BCUT2D eigenvalue weighted by atomic mass is 35.5. The largest absolute Gasteiger partial charge is 0.506 e. The Kier molecular flexibility index (Phi) is 8.11. The smallest absolute Gasteiger partial charge is 0.401 e. The van der Waals surface area contributed by atoms with Gasteiger partial charge in [-0.15, -0.1) is 0 Å². The minimum atomic E-state index is -4.28. The molecule has 6 rings (SSSR count). The lowest BCUT2D eigenvalue weighted by molar-refractivity contribution is -0.147. The molecular weight excluding hydrogens is 652 g/mol. The van der Waals surface area contributed by atoms with Crippen molar-refractivity contribution < 1.29 is 27.9 Å². The lowest BCUT2D eigenvalue weighted by atomic mass is 10.0. The van der Waals surface area contributed by atoms with Crippen molar-refractivity contribution in [1.29, 1.82) is 0 Å². The highest BCUT2D eigenvalue weighted by Crippen LogP contribution is 2.38. The van der Waals surface area contributed by atoms with Crippen molar-refractivity contribution in [3.05, 3.63) is 62.9 Å². The number of hydrogen-bond donors (Lipinski definition) is 3. The Labute approximate surface area is 269 Å². The van der Waals surface area contributed by atoms with Crippen LogP contribution in [0.15, 0.2) is 41.7 Å². The number of fused-ring (bicyclic) bond motifs is 3. The van der Waals surface area contributed by atoms with E-state index in [0.717, 1.165) is 0 Å². The van der Waals surface area contributed by atoms with Gasteiger partial charge in [0.2, 0.25) is 5.91 Å². The van der Waals surface area contributed by atoms with Crippen molar-refractivity contribution in [2.24, 2.45) is 12.8 Å². The Morgan fingerprint density at radius 1 is 1.11 bits per heavy atom. The van der Waals surface area contributed by atoms with E-state index in [4.69, 9.17) is 28.9 Å². The number of nitrogens with zero attached hydrogens (tertiary/aromatic N) is 6. The number of aryl methyl sites for hydroxylation is 1. The number of halogens is 5. The number of nitrogens with one attached hydrogen (secondary N) is 1. The van der Waals surface area contributed by atoms with Crippen LogP contribution >= 0.6 is 23.2 Å². The van der Waals surface area contributed by atoms with Crippen molar-refractivity contribution in [3.63, 3.8) is 0 Å². The third-order valence-electron chi connectivity index (χ3n) is 8.23. The Morgan fingerprint density at radius 2 is 1.80 bits per heavy atom. The maximum atomic E-state index is 13.4. The number of nitrogens with two attached hydrogens (primary N) is 1. The third-order valence-corrected chi connectivity index (χ3v) is 8.82. The van der Waals surface area contributed by atoms with Crippen LogP contribution in [0, 0.1) is 0 Å². The topological polar surface area (TPSA) is 152 Å². The summed E-state index contributed by atoms with van der Waals surface area (Å²) >= 11 is 12.5. The van der Waals surface area contributed by atoms with Gasteiger partial charge in [0.15, 0.2) is 0 Å². The summed E-state index contributed by atoms with van der Waals surface area (Å²) in [4.78, 5) is 50.7. The lowest BCUT2D eigenvalue weighted by Crippen LogP contribution is -2.55. The molecule has 2 aliphatic rings. The van der Waals surface area contributed by atoms with E-state index in [1.807, 2.05) is 4.90 Å². The quantitative estimate of drug-likeness (QED) is 0.267. The third kappa shape index (κ3) is 5.97. The highest BCUT2D eigenvalue weighted by Gasteiger charge is 2.43. The summed E-state index contributed by atoms with van der Waals surface area (Å²) in [5.41, 5.74) is 5.73. The molecule has 0 aliphatic carbocycles. The van der Waals surface area contributed by atoms with Crippen LogP contribution in [-0.2, 0) is 18.4 Å². The molecule has 4 N–H and O–H groups in total. The second-order valence-corrected chi connectivity index (χ2v) is 12.2. The number of primary amides is 1. The van der Waals surface area contributed by atoms with Crippen molar-refractivity contribution in [1.82, 2.24) is 24.0 Å². The van der Waals surface area contributed by atoms with Gasteiger partial charge < -0.3 is 30.2 Å². The number of amides is 2. The summed E-state index contributed by atoms with van der Waals surface area (Å²) in [6.07, 6.45) is 1.34. The van der Waals surface area contributed by atoms with E-state index in [1.165, 1.54) is 51.9 Å². The number of aromatic hydroxyl groups is 1. The number of hydrogen-bond acceptors (Lipinski definition) is 8. The molecule has 2 saturated heterocycles. The predicted octanol–water partition coefficient (Wildman–Crippen LogP) is 3.76. The molecule has 0 saturated carbocycles. The number of alkyl halides is 3. The number of anilines is 2. The van der Waals surface area contributed by atoms with Gasteiger partial charge in [0.25, 0.3) is 11.5 Å². The molecule has 5 heterocycles. The minimum absolute atomic E-state index is 0.138. The molecule has 3 aromatic heterocycles. The first kappa shape index (κ1) is 31.6. The molecule has 0 radical (unpaired) electrons. The van der Waals surface area contributed by atoms with E-state index in [2.05, 4.69) is 15.3 Å². The second kappa shape index (κ2) is 11.8. The molecule has 2 unspecified atom stereocenters. The van der Waals surface area contributed by atoms with Gasteiger partial charge >= 0.3 is 6.18 Å². The zero-order chi connectivity index (χ0) is 33.1. The summed E-state index contributed by atoms with van der Waals surface area (Å²) in [6, 6.07) is 3.93. The van der Waals surface area contributed by atoms with Crippen LogP contribution in [0.1, 0.15) is 23.2 Å². The monoisotopic (exact) mass is 678 g/mol. The molecular formula is C29H27Cl2F3N8O4. The Balaban J connectivity index is 1.28. The normalized spacial score (nSPS) is 18.3. The standard InChI is InChI=1S/C29H27Cl2F3N8O4/c1-39-13-37-27-24(28(39)46)18(14-4-17(26(35)45)25(44)19(30)5-14)10-41(27)11-23(43)38-21-6-22(36-7-20(21)31)42-15-2-3-16(42)9-40(8-15)12-29(32,33)34/h4-7,10,13,15-16,44H,2-3,8-9,11-12H2,1H3,(H2,35,45)(H,36,38,43). The number of phenols is 1. The maximum Gasteiger partial charge on any atom is 0.401 e. The number of rotatable bonds is 7. The Morgan fingerprint density at radius 3 is 2.46 bits per heavy atom. The van der Waals surface area contributed by atoms with Crippen LogP contribution in [0.5, 0.6) is 5.75 Å². The zero-order valence-electron chi connectivity index (χ0n) is 24.2. The molecule has 1 aromatic carbocycles. The number of pyridine rings is 1. The molecule has 12 nitrogen and oxygen atoms in total. The Bertz CT molecular complexity index is 1930. The number of carbonyl (C=O) groups is 2. The van der Waals surface area contributed by atoms with Crippen molar-refractivity contribution >= 4 is 57.6 Å². The summed E-state index contributed by atoms with van der Waals surface area (Å²) in [6.45, 7) is -0.790. The highest BCUT2D eigenvalue weighted by molar-refractivity contribution is 6.34. The molecule has 2 amide bonds. The van der Waals surface area contributed by atoms with E-state index in [-0.39, 0.29) is 69.6 Å². The summed E-state index contributed by atoms with van der Waals surface area (Å²) < 4.78 is 41.8. The van der Waals surface area contributed by atoms with Gasteiger partial charge in [0, 0.05) is 50.0 Å². The summed E-state index contributed by atoms with van der Waals surface area (Å²) in [5, 5.41) is 13.1. The first-order valence-corrected chi connectivity index (χ1v) is 14.9. The van der Waals surface area contributed by atoms with Gasteiger partial charge in [-0.05, 0) is 30.5 Å². The maximum absolute atomic E-state index is 13.4. The first-order chi connectivity index (χ1) is 21.7. The molecule has 46 heavy (non-hydrogen) atoms. The van der Waals surface area contributed by atoms with Gasteiger partial charge in [0.1, 0.15) is 23.8 Å². The summed E-state index contributed by atoms with van der Waals surface area (Å²) in [7, 11) is 1.51. The van der Waals surface area contributed by atoms with E-state index in [1.54, 1.807) is 6.07 Å². The average Bonchev–Trinajstić information content (AvgIpc) is 3.46. The SMILES string of the molecule is Cn1cnc2c(c(-c3cc(Cl)c(O)c(C(N)=O)c3)cn2CC(=O)Nc2cc(N3C4CCC3CN(CC(F)(F)F)C4)ncc2Cl)c1=O. The van der Waals surface area contributed by atoms with Gasteiger partial charge in [-0.1, -0.05) is 23.2 Å². The first-order valence-electron chi connectivity index (χ1n) is 14.1. The molecule has 4 aromatic rings. The number of likely N-dealkylation sites (tertiary alicyclic amines) is 1. The van der Waals surface area contributed by atoms with Crippen LogP contribution in [0.4, 0.5) is 24.7 Å². The van der Waals surface area contributed by atoms with Crippen LogP contribution in [0.2, 0.25) is 10.0 Å². The molecule has 17 heteroatoms. The van der Waals surface area contributed by atoms with Crippen LogP contribution in [0.3, 0.4) is 0 Å². The fraction of sp³-hybridized carbons (Fsp3) is 0.345. The molecule has 2 atom stereocenters. The minimum Gasteiger partial charge on any atom is -0.506 e. The molecule has 0 spiro atoms. The van der Waals surface area contributed by atoms with Crippen molar-refractivity contribution in [2.75, 3.05) is 29.9 Å². The van der Waals surface area contributed by atoms with Crippen LogP contribution in [0.25, 0.3) is 22.2 Å². The Hall–Kier alpha value is -4.34. The van der Waals surface area contributed by atoms with Crippen LogP contribution in [-0.4, -0.2) is 78.8 Å². The number of benzene rings is 1. The van der Waals surface area contributed by atoms with Gasteiger partial charge in [-0.3, -0.25) is 19.3 Å². The number of piperazine rings is 1. The van der Waals surface area contributed by atoms with E-state index in [0.29, 0.717) is 24.2 Å². The molecule has 2 fully saturated rings. The summed E-state index contributed by atoms with van der Waals surface area (Å²) in [5.74, 6) is -1.46. The van der Waals surface area contributed by atoms with E-state index in [9.17, 15) is 32.7 Å². The van der Waals surface area contributed by atoms with Gasteiger partial charge in [-0.25, -0.2) is 9.97 Å².